The first-order chi connectivity index (χ1) is 11.6. The lowest BCUT2D eigenvalue weighted by Gasteiger charge is -2.50. The normalized spacial score (nSPS) is 26.3. The molecule has 3 fully saturated rings. The predicted molar refractivity (Wildman–Crippen MR) is 94.0 cm³/mol. The van der Waals surface area contributed by atoms with E-state index < -0.39 is 0 Å². The van der Waals surface area contributed by atoms with E-state index in [0.717, 1.165) is 70.0 Å². The number of rotatable bonds is 5. The van der Waals surface area contributed by atoms with Crippen LogP contribution in [0.5, 0.6) is 0 Å². The molecule has 4 nitrogen and oxygen atoms in total. The van der Waals surface area contributed by atoms with Crippen LogP contribution in [0.3, 0.4) is 0 Å². The average molecular weight is 349 g/mol. The summed E-state index contributed by atoms with van der Waals surface area (Å²) in [5, 5.41) is 0.787. The van der Waals surface area contributed by atoms with Gasteiger partial charge in [-0.3, -0.25) is 9.69 Å². The maximum atomic E-state index is 11.8. The third-order valence-electron chi connectivity index (χ3n) is 5.82. The van der Waals surface area contributed by atoms with Gasteiger partial charge in [-0.2, -0.15) is 0 Å². The Bertz CT molecular complexity index is 598. The SMILES string of the molecule is O=C1CCCN1CC[C@H]1CCOC12CN(Cc1ccc(Cl)cc1)C2. The number of halogens is 1. The van der Waals surface area contributed by atoms with Crippen molar-refractivity contribution in [1.82, 2.24) is 9.80 Å². The van der Waals surface area contributed by atoms with Gasteiger partial charge in [-0.25, -0.2) is 0 Å². The minimum atomic E-state index is 0.0369. The third kappa shape index (κ3) is 3.19. The zero-order chi connectivity index (χ0) is 16.6. The van der Waals surface area contributed by atoms with Gasteiger partial charge >= 0.3 is 0 Å². The van der Waals surface area contributed by atoms with Crippen LogP contribution in [-0.4, -0.2) is 54.1 Å². The molecular weight excluding hydrogens is 324 g/mol. The Morgan fingerprint density at radius 1 is 1.25 bits per heavy atom. The Morgan fingerprint density at radius 3 is 2.75 bits per heavy atom. The number of nitrogens with zero attached hydrogens (tertiary/aromatic N) is 2. The summed E-state index contributed by atoms with van der Waals surface area (Å²) >= 11 is 5.95. The smallest absolute Gasteiger partial charge is 0.222 e. The lowest BCUT2D eigenvalue weighted by molar-refractivity contribution is -0.139. The van der Waals surface area contributed by atoms with Crippen LogP contribution in [0, 0.1) is 5.92 Å². The summed E-state index contributed by atoms with van der Waals surface area (Å²) in [6.45, 7) is 5.70. The topological polar surface area (TPSA) is 32.8 Å². The number of carbonyl (C=O) groups is 1. The van der Waals surface area contributed by atoms with Crippen molar-refractivity contribution in [2.45, 2.75) is 37.8 Å². The second-order valence-electron chi connectivity index (χ2n) is 7.44. The van der Waals surface area contributed by atoms with E-state index in [1.807, 2.05) is 17.0 Å². The zero-order valence-electron chi connectivity index (χ0n) is 14.0. The maximum Gasteiger partial charge on any atom is 0.222 e. The molecule has 0 aromatic heterocycles. The quantitative estimate of drug-likeness (QED) is 0.820. The van der Waals surface area contributed by atoms with Crippen LogP contribution in [0.15, 0.2) is 24.3 Å². The fourth-order valence-corrected chi connectivity index (χ4v) is 4.59. The van der Waals surface area contributed by atoms with Gasteiger partial charge in [0.25, 0.3) is 0 Å². The summed E-state index contributed by atoms with van der Waals surface area (Å²) in [4.78, 5) is 16.3. The minimum absolute atomic E-state index is 0.0369. The largest absolute Gasteiger partial charge is 0.372 e. The van der Waals surface area contributed by atoms with Crippen molar-refractivity contribution in [1.29, 1.82) is 0 Å². The van der Waals surface area contributed by atoms with Gasteiger partial charge in [0.15, 0.2) is 0 Å². The molecule has 0 bridgehead atoms. The molecule has 1 atom stereocenters. The van der Waals surface area contributed by atoms with Crippen LogP contribution in [-0.2, 0) is 16.1 Å². The van der Waals surface area contributed by atoms with Gasteiger partial charge in [-0.15, -0.1) is 0 Å². The number of amides is 1. The van der Waals surface area contributed by atoms with Crippen molar-refractivity contribution >= 4 is 17.5 Å². The highest BCUT2D eigenvalue weighted by Gasteiger charge is 2.52. The number of likely N-dealkylation sites (tertiary alicyclic amines) is 2. The molecule has 3 heterocycles. The van der Waals surface area contributed by atoms with Crippen molar-refractivity contribution in [2.24, 2.45) is 5.92 Å². The molecular formula is C19H25ClN2O2. The molecule has 3 saturated heterocycles. The molecule has 4 rings (SSSR count). The van der Waals surface area contributed by atoms with Gasteiger partial charge in [0.1, 0.15) is 0 Å². The molecule has 0 radical (unpaired) electrons. The van der Waals surface area contributed by atoms with E-state index >= 15 is 0 Å². The first kappa shape index (κ1) is 16.4. The van der Waals surface area contributed by atoms with Crippen LogP contribution in [0.1, 0.15) is 31.2 Å². The van der Waals surface area contributed by atoms with E-state index in [9.17, 15) is 4.79 Å². The van der Waals surface area contributed by atoms with Crippen LogP contribution >= 0.6 is 11.6 Å². The average Bonchev–Trinajstić information content (AvgIpc) is 3.13. The van der Waals surface area contributed by atoms with E-state index in [1.54, 1.807) is 0 Å². The highest BCUT2D eigenvalue weighted by Crippen LogP contribution is 2.42. The van der Waals surface area contributed by atoms with Crippen molar-refractivity contribution in [3.05, 3.63) is 34.9 Å². The van der Waals surface area contributed by atoms with Gasteiger partial charge in [0.05, 0.1) is 5.60 Å². The fourth-order valence-electron chi connectivity index (χ4n) is 4.46. The van der Waals surface area contributed by atoms with E-state index in [0.29, 0.717) is 11.8 Å². The zero-order valence-corrected chi connectivity index (χ0v) is 14.8. The number of carbonyl (C=O) groups excluding carboxylic acids is 1. The summed E-state index contributed by atoms with van der Waals surface area (Å²) in [7, 11) is 0. The Kier molecular flexibility index (Phi) is 4.54. The predicted octanol–water partition coefficient (Wildman–Crippen LogP) is 2.94. The summed E-state index contributed by atoms with van der Waals surface area (Å²) < 4.78 is 6.15. The molecule has 24 heavy (non-hydrogen) atoms. The first-order valence-electron chi connectivity index (χ1n) is 9.03. The van der Waals surface area contributed by atoms with E-state index in [-0.39, 0.29) is 5.60 Å². The molecule has 0 saturated carbocycles. The molecule has 1 spiro atoms. The molecule has 0 aliphatic carbocycles. The van der Waals surface area contributed by atoms with Gasteiger partial charge < -0.3 is 9.64 Å². The molecule has 5 heteroatoms. The van der Waals surface area contributed by atoms with Gasteiger partial charge in [-0.1, -0.05) is 23.7 Å². The van der Waals surface area contributed by atoms with Crippen LogP contribution in [0.4, 0.5) is 0 Å². The van der Waals surface area contributed by atoms with E-state index in [4.69, 9.17) is 16.3 Å². The van der Waals surface area contributed by atoms with Gasteiger partial charge in [0.2, 0.25) is 5.91 Å². The number of hydrogen-bond acceptors (Lipinski definition) is 3. The minimum Gasteiger partial charge on any atom is -0.372 e. The molecule has 1 aromatic rings. The molecule has 0 unspecified atom stereocenters. The number of benzene rings is 1. The summed E-state index contributed by atoms with van der Waals surface area (Å²) in [5.41, 5.74) is 1.33. The highest BCUT2D eigenvalue weighted by atomic mass is 35.5. The van der Waals surface area contributed by atoms with Crippen molar-refractivity contribution in [3.63, 3.8) is 0 Å². The summed E-state index contributed by atoms with van der Waals surface area (Å²) in [6.07, 6.45) is 3.98. The van der Waals surface area contributed by atoms with Crippen molar-refractivity contribution in [2.75, 3.05) is 32.8 Å². The molecule has 0 N–H and O–H groups in total. The Morgan fingerprint density at radius 2 is 2.04 bits per heavy atom. The monoisotopic (exact) mass is 348 g/mol. The second kappa shape index (κ2) is 6.66. The van der Waals surface area contributed by atoms with E-state index in [1.165, 1.54) is 5.56 Å². The second-order valence-corrected chi connectivity index (χ2v) is 7.88. The highest BCUT2D eigenvalue weighted by molar-refractivity contribution is 6.30. The molecule has 3 aliphatic rings. The first-order valence-corrected chi connectivity index (χ1v) is 9.41. The fraction of sp³-hybridized carbons (Fsp3) is 0.632. The third-order valence-corrected chi connectivity index (χ3v) is 6.07. The number of ether oxygens (including phenoxy) is 1. The van der Waals surface area contributed by atoms with Crippen LogP contribution in [0.2, 0.25) is 5.02 Å². The maximum absolute atomic E-state index is 11.8. The number of hydrogen-bond donors (Lipinski definition) is 0. The standard InChI is InChI=1S/C19H25ClN2O2/c20-17-5-3-15(4-6-17)12-21-13-19(14-21)16(8-11-24-19)7-10-22-9-1-2-18(22)23/h3-6,16H,1-2,7-14H2/t16-/m0/s1. The van der Waals surface area contributed by atoms with Crippen molar-refractivity contribution < 1.29 is 9.53 Å². The molecule has 1 amide bonds. The van der Waals surface area contributed by atoms with E-state index in [2.05, 4.69) is 17.0 Å². The molecule has 1 aromatic carbocycles. The lowest BCUT2D eigenvalue weighted by atomic mass is 9.78. The summed E-state index contributed by atoms with van der Waals surface area (Å²) in [6, 6.07) is 8.10. The lowest BCUT2D eigenvalue weighted by Crippen LogP contribution is -2.64. The van der Waals surface area contributed by atoms with Crippen LogP contribution < -0.4 is 0 Å². The van der Waals surface area contributed by atoms with Gasteiger partial charge in [-0.05, 0) is 42.9 Å². The Hall–Kier alpha value is -1.10. The summed E-state index contributed by atoms with van der Waals surface area (Å²) in [5.74, 6) is 0.924. The Balaban J connectivity index is 1.29. The molecule has 130 valence electrons. The van der Waals surface area contributed by atoms with Gasteiger partial charge in [0, 0.05) is 50.8 Å². The molecule has 3 aliphatic heterocycles. The van der Waals surface area contributed by atoms with Crippen LogP contribution in [0.25, 0.3) is 0 Å². The van der Waals surface area contributed by atoms with Crippen molar-refractivity contribution in [3.8, 4) is 0 Å². The Labute approximate surface area is 148 Å².